The minimum atomic E-state index is -1.52. The zero-order valence-corrected chi connectivity index (χ0v) is 18.0. The Hall–Kier alpha value is -3.73. The van der Waals surface area contributed by atoms with E-state index in [4.69, 9.17) is 15.3 Å². The molecule has 170 valence electrons. The summed E-state index contributed by atoms with van der Waals surface area (Å²) < 4.78 is 0. The number of amides is 3. The van der Waals surface area contributed by atoms with Crippen LogP contribution in [0.2, 0.25) is 0 Å². The first kappa shape index (κ1) is 25.3. The average molecular weight is 660 g/mol. The molecule has 0 aliphatic carbocycles. The molecule has 4 atom stereocenters. The van der Waals surface area contributed by atoms with E-state index < -0.39 is 60.5 Å². The van der Waals surface area contributed by atoms with E-state index in [1.54, 1.807) is 0 Å². The van der Waals surface area contributed by atoms with Crippen molar-refractivity contribution in [1.29, 1.82) is 0 Å². The van der Waals surface area contributed by atoms with Crippen molar-refractivity contribution in [2.45, 2.75) is 56.8 Å². The van der Waals surface area contributed by atoms with E-state index >= 15 is 0 Å². The van der Waals surface area contributed by atoms with Gasteiger partial charge in [-0.05, 0) is 13.3 Å². The van der Waals surface area contributed by atoms with E-state index in [0.29, 0.717) is 0 Å². The second-order valence-corrected chi connectivity index (χ2v) is 6.51. The molecule has 0 aromatic carbocycles. The Kier molecular flexibility index (Phi) is 9.75. The summed E-state index contributed by atoms with van der Waals surface area (Å²) >= 11 is 0. The number of carbonyl (C=O) groups is 5. The predicted molar refractivity (Wildman–Crippen MR) is 91.9 cm³/mol. The van der Waals surface area contributed by atoms with Crippen molar-refractivity contribution in [1.82, 2.24) is 15.5 Å². The van der Waals surface area contributed by atoms with Gasteiger partial charge < -0.3 is 36.0 Å². The van der Waals surface area contributed by atoms with Crippen LogP contribution in [0, 0.1) is 0 Å². The van der Waals surface area contributed by atoms with Gasteiger partial charge >= 0.3 is 11.9 Å². The number of carboxylic acid groups (broad SMARTS) is 2. The van der Waals surface area contributed by atoms with Crippen molar-refractivity contribution in [2.75, 3.05) is 13.2 Å². The molecule has 0 unspecified atom stereocenters. The molecule has 1 fully saturated rings. The van der Waals surface area contributed by atoms with Crippen molar-refractivity contribution in [3.8, 4) is 0 Å². The molecule has 1 rings (SSSR count). The fourth-order valence-corrected chi connectivity index (χ4v) is 2.73. The molecular weight excluding hydrogens is 635 g/mol. The number of likely N-dealkylation sites (tertiary alicyclic amines) is 1. The maximum absolute atomic E-state index is 12.4. The first-order valence-corrected chi connectivity index (χ1v) is 8.70. The molecule has 0 aromatic rings. The molecule has 0 spiro atoms. The van der Waals surface area contributed by atoms with Gasteiger partial charge in [-0.2, -0.15) is 0 Å². The normalized spacial score (nSPS) is 20.2. The van der Waals surface area contributed by atoms with Gasteiger partial charge in [-0.25, -0.2) is 4.79 Å². The number of aliphatic hydroxyl groups is 2. The number of hydrogen-bond acceptors (Lipinski definition) is 7. The summed E-state index contributed by atoms with van der Waals surface area (Å²) in [6.07, 6.45) is -1.19. The van der Waals surface area contributed by atoms with Crippen LogP contribution in [0.1, 0.15) is 32.6 Å². The molecule has 1 aliphatic heterocycles. The molecule has 29 heavy (non-hydrogen) atoms. The summed E-state index contributed by atoms with van der Waals surface area (Å²) in [4.78, 5) is 59.1. The monoisotopic (exact) mass is 660 g/mol. The van der Waals surface area contributed by atoms with Crippen LogP contribution in [0.3, 0.4) is 0 Å². The summed E-state index contributed by atoms with van der Waals surface area (Å²) in [5, 5.41) is 40.6. The number of hydrogen-bond donors (Lipinski definition) is 6. The maximum Gasteiger partial charge on any atom is 0.328 e. The maximum atomic E-state index is 12.4. The van der Waals surface area contributed by atoms with E-state index in [1.165, 1.54) is 6.92 Å². The number of carboxylic acids is 2. The first-order valence-electron chi connectivity index (χ1n) is 8.70. The summed E-state index contributed by atoms with van der Waals surface area (Å²) in [6, 6.07) is -3.70. The van der Waals surface area contributed by atoms with E-state index in [-0.39, 0.29) is 32.2 Å². The Morgan fingerprint density at radius 3 is 2.24 bits per heavy atom. The van der Waals surface area contributed by atoms with Crippen LogP contribution >= 0.6 is 0 Å². The first-order chi connectivity index (χ1) is 13.1. The summed E-state index contributed by atoms with van der Waals surface area (Å²) in [5.74, 6) is -4.52. The predicted octanol–water partition coefficient (Wildman–Crippen LogP) is -2.73. The van der Waals surface area contributed by atoms with Gasteiger partial charge in [0.25, 0.3) is 0 Å². The zero-order valence-electron chi connectivity index (χ0n) is 15.6. The van der Waals surface area contributed by atoms with Gasteiger partial charge in [-0.3, -0.25) is 19.2 Å². The zero-order chi connectivity index (χ0) is 21.4. The molecule has 0 bridgehead atoms. The SMILES string of the molecule is C[C@H](NC(=O)[C@@H]1C[C@@H](O)CN1C(=O)CCCC(=O)O)C(=O)N[C@@H](CO)C(=O)O.[Fm]. The van der Waals surface area contributed by atoms with E-state index in [9.17, 15) is 29.1 Å². The molecule has 12 nitrogen and oxygen atoms in total. The molecular formula is C16H25FmN3O9. The van der Waals surface area contributed by atoms with Crippen LogP contribution in [-0.4, -0.2) is 92.4 Å². The van der Waals surface area contributed by atoms with E-state index in [2.05, 4.69) is 10.6 Å². The van der Waals surface area contributed by atoms with Gasteiger partial charge in [0.2, 0.25) is 17.7 Å². The van der Waals surface area contributed by atoms with Gasteiger partial charge in [0.15, 0.2) is 0 Å². The molecule has 0 saturated carbocycles. The standard InChI is InChI=1S/C16H25N3O9.Fm/c1-8(14(25)18-10(7-20)16(27)28)17-15(26)11-5-9(21)6-19(11)12(22)3-2-4-13(23)24;/h8-11,20-21H,2-7H2,1H3,(H,17,26)(H,18,25)(H,23,24)(H,27,28);/t8-,9+,10-,11-;/m0./s1. The molecule has 0 aromatic heterocycles. The van der Waals surface area contributed by atoms with Crippen LogP contribution in [0.25, 0.3) is 0 Å². The molecule has 1 saturated heterocycles. The van der Waals surface area contributed by atoms with Crippen molar-refractivity contribution < 1.29 is 44.4 Å². The van der Waals surface area contributed by atoms with Crippen molar-refractivity contribution >= 4 is 29.7 Å². The van der Waals surface area contributed by atoms with Crippen LogP contribution in [0.5, 0.6) is 0 Å². The second kappa shape index (κ2) is 11.2. The molecule has 6 N–H and O–H groups in total. The van der Waals surface area contributed by atoms with Crippen LogP contribution < -0.4 is 10.6 Å². The summed E-state index contributed by atoms with van der Waals surface area (Å²) in [7, 11) is 0. The third-order valence-corrected chi connectivity index (χ3v) is 4.23. The number of nitrogens with zero attached hydrogens (tertiary/aromatic N) is 1. The topological polar surface area (TPSA) is 194 Å². The fourth-order valence-electron chi connectivity index (χ4n) is 2.73. The quantitative estimate of drug-likeness (QED) is 0.144. The van der Waals surface area contributed by atoms with E-state index in [0.717, 1.165) is 4.90 Å². The number of nitrogens with one attached hydrogen (secondary N) is 2. The third-order valence-electron chi connectivity index (χ3n) is 4.23. The van der Waals surface area contributed by atoms with Crippen molar-refractivity contribution in [3.05, 3.63) is 0 Å². The molecule has 1 heterocycles. The Morgan fingerprint density at radius 1 is 1.10 bits per heavy atom. The van der Waals surface area contributed by atoms with Crippen LogP contribution in [0.15, 0.2) is 0 Å². The Labute approximate surface area is 160 Å². The van der Waals surface area contributed by atoms with Crippen molar-refractivity contribution in [3.63, 3.8) is 0 Å². The number of β-amino-alcohol motifs (C(OH)–C–C–N with tert-alkyl or cyclic N) is 1. The van der Waals surface area contributed by atoms with Gasteiger partial charge in [0.1, 0.15) is 18.1 Å². The van der Waals surface area contributed by atoms with E-state index in [1.807, 2.05) is 0 Å². The molecule has 3 amide bonds. The van der Waals surface area contributed by atoms with Gasteiger partial charge in [-0.1, -0.05) is 0 Å². The second-order valence-electron chi connectivity index (χ2n) is 6.51. The minimum Gasteiger partial charge on any atom is -0.481 e. The average Bonchev–Trinajstić information content (AvgIpc) is 3.00. The molecule has 1 aliphatic rings. The smallest absolute Gasteiger partial charge is 0.328 e. The van der Waals surface area contributed by atoms with Crippen LogP contribution in [0.4, 0.5) is 0 Å². The Morgan fingerprint density at radius 2 is 1.72 bits per heavy atom. The molecule has 0 radical (unpaired) electrons. The van der Waals surface area contributed by atoms with Crippen molar-refractivity contribution in [2.24, 2.45) is 0 Å². The van der Waals surface area contributed by atoms with Gasteiger partial charge in [-0.15, -0.1) is 0 Å². The third kappa shape index (κ3) is 7.42. The fraction of sp³-hybridized carbons (Fsp3) is 0.688. The minimum absolute atomic E-state index is 0. The molecule has 13 heteroatoms. The number of aliphatic carboxylic acids is 2. The number of aliphatic hydroxyl groups excluding tert-OH is 2. The summed E-state index contributed by atoms with van der Waals surface area (Å²) in [6.45, 7) is 0.388. The Bertz CT molecular complexity index is 631. The number of carbonyl (C=O) groups excluding carboxylic acids is 3. The van der Waals surface area contributed by atoms with Gasteiger partial charge in [0.05, 0.1) is 12.7 Å². The Balaban J connectivity index is 0.00000784. The summed E-state index contributed by atoms with van der Waals surface area (Å²) in [5.41, 5.74) is 0. The number of rotatable bonds is 10. The van der Waals surface area contributed by atoms with Crippen LogP contribution in [-0.2, 0) is 24.0 Å². The van der Waals surface area contributed by atoms with Gasteiger partial charge in [0, 0.05) is 25.8 Å². The largest absolute Gasteiger partial charge is 0.481 e.